The Bertz CT molecular complexity index is 736. The van der Waals surface area contributed by atoms with Crippen LogP contribution in [0, 0.1) is 6.92 Å². The second-order valence-corrected chi connectivity index (χ2v) is 7.12. The van der Waals surface area contributed by atoms with Crippen LogP contribution in [-0.4, -0.2) is 51.2 Å². The fourth-order valence-electron chi connectivity index (χ4n) is 3.80. The Morgan fingerprint density at radius 3 is 2.96 bits per heavy atom. The molecule has 2 aromatic rings. The first-order valence-corrected chi connectivity index (χ1v) is 9.31. The maximum absolute atomic E-state index is 12.7. The molecule has 4 rings (SSSR count). The first-order valence-electron chi connectivity index (χ1n) is 9.31. The summed E-state index contributed by atoms with van der Waals surface area (Å²) < 4.78 is 13.3. The Balaban J connectivity index is 1.41. The van der Waals surface area contributed by atoms with E-state index in [0.717, 1.165) is 18.5 Å². The number of hydrogen-bond donors (Lipinski definition) is 2. The van der Waals surface area contributed by atoms with Gasteiger partial charge in [0.25, 0.3) is 5.91 Å². The Kier molecular flexibility index (Phi) is 4.92. The number of ether oxygens (including phenoxy) is 2. The monoisotopic (exact) mass is 359 g/mol. The van der Waals surface area contributed by atoms with Crippen LogP contribution in [0.2, 0.25) is 0 Å². The average Bonchev–Trinajstić information content (AvgIpc) is 3.39. The lowest BCUT2D eigenvalue weighted by Gasteiger charge is -2.23. The number of aryl methyl sites for hydroxylation is 1. The molecular weight excluding hydrogens is 334 g/mol. The largest absolute Gasteiger partial charge is 0.482 e. The van der Waals surface area contributed by atoms with Crippen LogP contribution in [0.3, 0.4) is 0 Å². The minimum atomic E-state index is -0.238. The molecule has 1 aliphatic heterocycles. The van der Waals surface area contributed by atoms with Gasteiger partial charge in [0, 0.05) is 5.69 Å². The number of hydrogen-bond acceptors (Lipinski definition) is 5. The normalized spacial score (nSPS) is 23.9. The number of carbonyl (C=O) groups excluding carboxylic acids is 1. The molecule has 2 atom stereocenters. The summed E-state index contributed by atoms with van der Waals surface area (Å²) in [4.78, 5) is 12.7. The van der Waals surface area contributed by atoms with Crippen LogP contribution in [0.1, 0.15) is 54.3 Å². The Labute approximate surface area is 152 Å². The summed E-state index contributed by atoms with van der Waals surface area (Å²) in [6.07, 6.45) is 9.08. The highest BCUT2D eigenvalue weighted by Gasteiger charge is 2.32. The first kappa shape index (κ1) is 17.1. The van der Waals surface area contributed by atoms with Gasteiger partial charge in [-0.15, -0.1) is 0 Å². The van der Waals surface area contributed by atoms with E-state index in [4.69, 9.17) is 9.47 Å². The molecule has 1 saturated carbocycles. The zero-order valence-electron chi connectivity index (χ0n) is 15.0. The molecule has 2 N–H and O–H groups in total. The molecule has 2 fully saturated rings. The van der Waals surface area contributed by atoms with Crippen molar-refractivity contribution in [2.75, 3.05) is 13.2 Å². The number of H-pyrrole nitrogens is 1. The summed E-state index contributed by atoms with van der Waals surface area (Å²) in [6.45, 7) is 2.88. The van der Waals surface area contributed by atoms with E-state index < -0.39 is 0 Å². The lowest BCUT2D eigenvalue weighted by Crippen LogP contribution is -2.45. The van der Waals surface area contributed by atoms with E-state index in [-0.39, 0.29) is 18.1 Å². The van der Waals surface area contributed by atoms with Gasteiger partial charge in [0.2, 0.25) is 0 Å². The molecule has 1 saturated heterocycles. The topological polar surface area (TPSA) is 94.1 Å². The van der Waals surface area contributed by atoms with Gasteiger partial charge in [0.15, 0.2) is 5.75 Å². The molecule has 2 aromatic heterocycles. The highest BCUT2D eigenvalue weighted by Crippen LogP contribution is 2.28. The third-order valence-corrected chi connectivity index (χ3v) is 5.18. The molecule has 26 heavy (non-hydrogen) atoms. The van der Waals surface area contributed by atoms with Gasteiger partial charge < -0.3 is 14.8 Å². The molecule has 3 heterocycles. The lowest BCUT2D eigenvalue weighted by atomic mass is 9.95. The number of carbonyl (C=O) groups is 1. The SMILES string of the molecule is Cc1cc(C(=O)N[C@H]2COC[C@H]2Oc2cn[nH]c2)nn1C1CCCCC1. The van der Waals surface area contributed by atoms with Crippen molar-refractivity contribution in [2.45, 2.75) is 57.2 Å². The van der Waals surface area contributed by atoms with Crippen LogP contribution in [-0.2, 0) is 4.74 Å². The molecule has 1 aliphatic carbocycles. The molecule has 0 spiro atoms. The molecule has 0 aromatic carbocycles. The molecule has 140 valence electrons. The van der Waals surface area contributed by atoms with Gasteiger partial charge in [0.05, 0.1) is 37.7 Å². The molecule has 8 heteroatoms. The molecule has 0 bridgehead atoms. The van der Waals surface area contributed by atoms with Gasteiger partial charge in [-0.25, -0.2) is 0 Å². The number of aromatic amines is 1. The van der Waals surface area contributed by atoms with Crippen molar-refractivity contribution < 1.29 is 14.3 Å². The summed E-state index contributed by atoms with van der Waals surface area (Å²) in [5, 5.41) is 14.2. The van der Waals surface area contributed by atoms with E-state index >= 15 is 0 Å². The quantitative estimate of drug-likeness (QED) is 0.851. The second kappa shape index (κ2) is 7.49. The van der Waals surface area contributed by atoms with Gasteiger partial charge in [-0.2, -0.15) is 10.2 Å². The standard InChI is InChI=1S/C18H25N5O3/c1-12-7-15(22-23(12)13-5-3-2-4-6-13)18(24)21-16-10-25-11-17(16)26-14-8-19-20-9-14/h7-9,13,16-17H,2-6,10-11H2,1H3,(H,19,20)(H,21,24)/t16-,17+/m0/s1. The predicted octanol–water partition coefficient (Wildman–Crippen LogP) is 2.00. The number of rotatable bonds is 5. The third kappa shape index (κ3) is 3.60. The van der Waals surface area contributed by atoms with Gasteiger partial charge in [-0.3, -0.25) is 14.6 Å². The summed E-state index contributed by atoms with van der Waals surface area (Å²) in [7, 11) is 0. The van der Waals surface area contributed by atoms with Gasteiger partial charge in [-0.1, -0.05) is 19.3 Å². The van der Waals surface area contributed by atoms with Crippen LogP contribution in [0.4, 0.5) is 0 Å². The minimum absolute atomic E-state index is 0.182. The van der Waals surface area contributed by atoms with E-state index in [9.17, 15) is 4.79 Å². The van der Waals surface area contributed by atoms with E-state index in [1.807, 2.05) is 17.7 Å². The zero-order chi connectivity index (χ0) is 17.9. The number of nitrogens with zero attached hydrogens (tertiary/aromatic N) is 3. The van der Waals surface area contributed by atoms with Crippen molar-refractivity contribution in [1.29, 1.82) is 0 Å². The molecule has 0 unspecified atom stereocenters. The van der Waals surface area contributed by atoms with Crippen LogP contribution in [0.5, 0.6) is 5.75 Å². The molecule has 0 radical (unpaired) electrons. The van der Waals surface area contributed by atoms with Crippen LogP contribution in [0.25, 0.3) is 0 Å². The molecular formula is C18H25N5O3. The van der Waals surface area contributed by atoms with Crippen molar-refractivity contribution in [3.63, 3.8) is 0 Å². The third-order valence-electron chi connectivity index (χ3n) is 5.18. The lowest BCUT2D eigenvalue weighted by molar-refractivity contribution is 0.0897. The molecule has 8 nitrogen and oxygen atoms in total. The van der Waals surface area contributed by atoms with Crippen molar-refractivity contribution in [1.82, 2.24) is 25.3 Å². The van der Waals surface area contributed by atoms with Gasteiger partial charge >= 0.3 is 0 Å². The van der Waals surface area contributed by atoms with Crippen LogP contribution >= 0.6 is 0 Å². The van der Waals surface area contributed by atoms with E-state index in [2.05, 4.69) is 20.6 Å². The summed E-state index contributed by atoms with van der Waals surface area (Å²) in [6, 6.07) is 2.07. The summed E-state index contributed by atoms with van der Waals surface area (Å²) in [5.74, 6) is 0.455. The van der Waals surface area contributed by atoms with E-state index in [1.165, 1.54) is 19.3 Å². The zero-order valence-corrected chi connectivity index (χ0v) is 15.0. The highest BCUT2D eigenvalue weighted by molar-refractivity contribution is 5.92. The average molecular weight is 359 g/mol. The van der Waals surface area contributed by atoms with Gasteiger partial charge in [0.1, 0.15) is 11.8 Å². The Morgan fingerprint density at radius 2 is 2.19 bits per heavy atom. The summed E-state index contributed by atoms with van der Waals surface area (Å²) in [5.41, 5.74) is 1.50. The van der Waals surface area contributed by atoms with E-state index in [0.29, 0.717) is 30.7 Å². The summed E-state index contributed by atoms with van der Waals surface area (Å²) >= 11 is 0. The second-order valence-electron chi connectivity index (χ2n) is 7.12. The number of aromatic nitrogens is 4. The minimum Gasteiger partial charge on any atom is -0.482 e. The number of amides is 1. The smallest absolute Gasteiger partial charge is 0.272 e. The van der Waals surface area contributed by atoms with Crippen LogP contribution < -0.4 is 10.1 Å². The first-order chi connectivity index (χ1) is 12.7. The number of nitrogens with one attached hydrogen (secondary N) is 2. The van der Waals surface area contributed by atoms with Crippen molar-refractivity contribution in [3.05, 3.63) is 29.8 Å². The Hall–Kier alpha value is -2.35. The van der Waals surface area contributed by atoms with Crippen molar-refractivity contribution in [3.8, 4) is 5.75 Å². The molecule has 1 amide bonds. The van der Waals surface area contributed by atoms with Crippen molar-refractivity contribution in [2.24, 2.45) is 0 Å². The fourth-order valence-corrected chi connectivity index (χ4v) is 3.80. The highest BCUT2D eigenvalue weighted by atomic mass is 16.5. The Morgan fingerprint density at radius 1 is 1.35 bits per heavy atom. The van der Waals surface area contributed by atoms with Gasteiger partial charge in [-0.05, 0) is 25.8 Å². The molecule has 2 aliphatic rings. The maximum atomic E-state index is 12.7. The van der Waals surface area contributed by atoms with E-state index in [1.54, 1.807) is 12.4 Å². The van der Waals surface area contributed by atoms with Crippen molar-refractivity contribution >= 4 is 5.91 Å². The fraction of sp³-hybridized carbons (Fsp3) is 0.611. The van der Waals surface area contributed by atoms with Crippen LogP contribution in [0.15, 0.2) is 18.5 Å². The maximum Gasteiger partial charge on any atom is 0.272 e. The predicted molar refractivity (Wildman–Crippen MR) is 94.2 cm³/mol.